The molecular formula is C17H29IN4O2. The summed E-state index contributed by atoms with van der Waals surface area (Å²) in [5, 5.41) is 6.57. The van der Waals surface area contributed by atoms with Crippen LogP contribution in [0.5, 0.6) is 5.88 Å². The molecule has 0 amide bonds. The molecule has 1 aliphatic rings. The Balaban J connectivity index is 0.00000288. The lowest BCUT2D eigenvalue weighted by Gasteiger charge is -2.13. The third kappa shape index (κ3) is 8.14. The Morgan fingerprint density at radius 2 is 2.21 bits per heavy atom. The van der Waals surface area contributed by atoms with E-state index < -0.39 is 0 Å². The second-order valence-corrected chi connectivity index (χ2v) is 5.63. The van der Waals surface area contributed by atoms with E-state index >= 15 is 0 Å². The largest absolute Gasteiger partial charge is 0.478 e. The number of guanidine groups is 1. The average Bonchev–Trinajstić information content (AvgIpc) is 3.39. The van der Waals surface area contributed by atoms with E-state index in [0.717, 1.165) is 43.6 Å². The van der Waals surface area contributed by atoms with Crippen LogP contribution < -0.4 is 15.4 Å². The van der Waals surface area contributed by atoms with Crippen molar-refractivity contribution in [3.63, 3.8) is 0 Å². The maximum Gasteiger partial charge on any atom is 0.218 e. The standard InChI is InChI=1S/C17H28N4O2.HI/c1-3-23-16-15(6-4-9-19-16)12-21-17(18-2)20-10-5-11-22-13-14-7-8-14;/h4,6,9,14H,3,5,7-8,10-13H2,1-2H3,(H2,18,20,21);1H. The number of rotatable bonds is 10. The van der Waals surface area contributed by atoms with E-state index in [2.05, 4.69) is 20.6 Å². The zero-order chi connectivity index (χ0) is 16.3. The number of nitrogens with zero attached hydrogens (tertiary/aromatic N) is 2. The summed E-state index contributed by atoms with van der Waals surface area (Å²) in [6, 6.07) is 3.91. The van der Waals surface area contributed by atoms with Gasteiger partial charge in [-0.25, -0.2) is 4.98 Å². The summed E-state index contributed by atoms with van der Waals surface area (Å²) in [5.41, 5.74) is 1.02. The minimum Gasteiger partial charge on any atom is -0.478 e. The van der Waals surface area contributed by atoms with Crippen molar-refractivity contribution in [2.45, 2.75) is 32.7 Å². The fourth-order valence-corrected chi connectivity index (χ4v) is 2.14. The Labute approximate surface area is 161 Å². The molecule has 0 radical (unpaired) electrons. The van der Waals surface area contributed by atoms with E-state index in [-0.39, 0.29) is 24.0 Å². The number of nitrogens with one attached hydrogen (secondary N) is 2. The highest BCUT2D eigenvalue weighted by Gasteiger charge is 2.20. The van der Waals surface area contributed by atoms with E-state index in [0.29, 0.717) is 19.0 Å². The first-order chi connectivity index (χ1) is 11.3. The van der Waals surface area contributed by atoms with Gasteiger partial charge in [0.05, 0.1) is 6.61 Å². The summed E-state index contributed by atoms with van der Waals surface area (Å²) in [6.07, 6.45) is 5.40. The number of hydrogen-bond donors (Lipinski definition) is 2. The summed E-state index contributed by atoms with van der Waals surface area (Å²) < 4.78 is 11.1. The maximum atomic E-state index is 5.62. The molecule has 0 unspecified atom stereocenters. The molecule has 2 rings (SSSR count). The van der Waals surface area contributed by atoms with Crippen LogP contribution >= 0.6 is 24.0 Å². The number of aromatic nitrogens is 1. The molecule has 24 heavy (non-hydrogen) atoms. The fourth-order valence-electron chi connectivity index (χ4n) is 2.14. The zero-order valence-corrected chi connectivity index (χ0v) is 16.9. The van der Waals surface area contributed by atoms with Crippen LogP contribution in [0.4, 0.5) is 0 Å². The van der Waals surface area contributed by atoms with Crippen LogP contribution in [0.1, 0.15) is 31.7 Å². The molecule has 0 bridgehead atoms. The normalized spacial score (nSPS) is 14.0. The molecule has 0 aromatic carbocycles. The Bertz CT molecular complexity index is 495. The number of ether oxygens (including phenoxy) is 2. The molecule has 0 saturated heterocycles. The summed E-state index contributed by atoms with van der Waals surface area (Å²) >= 11 is 0. The third-order valence-corrected chi connectivity index (χ3v) is 3.61. The molecule has 1 heterocycles. The van der Waals surface area contributed by atoms with Gasteiger partial charge < -0.3 is 20.1 Å². The number of hydrogen-bond acceptors (Lipinski definition) is 4. The topological polar surface area (TPSA) is 67.8 Å². The first-order valence-electron chi connectivity index (χ1n) is 8.42. The quantitative estimate of drug-likeness (QED) is 0.249. The van der Waals surface area contributed by atoms with E-state index in [4.69, 9.17) is 9.47 Å². The molecule has 1 aliphatic carbocycles. The molecular weight excluding hydrogens is 419 g/mol. The van der Waals surface area contributed by atoms with Crippen molar-refractivity contribution >= 4 is 29.9 Å². The van der Waals surface area contributed by atoms with Gasteiger partial charge in [-0.15, -0.1) is 24.0 Å². The predicted octanol–water partition coefficient (Wildman–Crippen LogP) is 2.58. The van der Waals surface area contributed by atoms with Crippen LogP contribution in [0.3, 0.4) is 0 Å². The summed E-state index contributed by atoms with van der Waals surface area (Å²) in [5.74, 6) is 2.28. The highest BCUT2D eigenvalue weighted by molar-refractivity contribution is 14.0. The molecule has 0 spiro atoms. The van der Waals surface area contributed by atoms with Crippen molar-refractivity contribution in [1.29, 1.82) is 0 Å². The average molecular weight is 448 g/mol. The fraction of sp³-hybridized carbons (Fsp3) is 0.647. The summed E-state index contributed by atoms with van der Waals surface area (Å²) in [7, 11) is 1.77. The van der Waals surface area contributed by atoms with Gasteiger partial charge in [-0.2, -0.15) is 0 Å². The smallest absolute Gasteiger partial charge is 0.218 e. The van der Waals surface area contributed by atoms with Gasteiger partial charge in [-0.3, -0.25) is 4.99 Å². The van der Waals surface area contributed by atoms with E-state index in [1.165, 1.54) is 12.8 Å². The van der Waals surface area contributed by atoms with Gasteiger partial charge in [0.2, 0.25) is 5.88 Å². The predicted molar refractivity (Wildman–Crippen MR) is 107 cm³/mol. The number of aliphatic imine (C=N–C) groups is 1. The summed E-state index contributed by atoms with van der Waals surface area (Å²) in [6.45, 7) is 5.76. The first kappa shape index (κ1) is 21.0. The van der Waals surface area contributed by atoms with Gasteiger partial charge in [0.15, 0.2) is 5.96 Å². The van der Waals surface area contributed by atoms with Crippen LogP contribution in [-0.2, 0) is 11.3 Å². The molecule has 1 fully saturated rings. The van der Waals surface area contributed by atoms with Crippen LogP contribution in [0.15, 0.2) is 23.3 Å². The molecule has 7 heteroatoms. The zero-order valence-electron chi connectivity index (χ0n) is 14.6. The van der Waals surface area contributed by atoms with Gasteiger partial charge in [0.25, 0.3) is 0 Å². The lowest BCUT2D eigenvalue weighted by atomic mass is 10.2. The van der Waals surface area contributed by atoms with Crippen molar-refractivity contribution in [3.05, 3.63) is 23.9 Å². The monoisotopic (exact) mass is 448 g/mol. The highest BCUT2D eigenvalue weighted by atomic mass is 127. The lowest BCUT2D eigenvalue weighted by molar-refractivity contribution is 0.123. The van der Waals surface area contributed by atoms with E-state index in [1.807, 2.05) is 19.1 Å². The third-order valence-electron chi connectivity index (χ3n) is 3.61. The molecule has 136 valence electrons. The first-order valence-corrected chi connectivity index (χ1v) is 8.42. The van der Waals surface area contributed by atoms with Crippen molar-refractivity contribution in [2.24, 2.45) is 10.9 Å². The van der Waals surface area contributed by atoms with Crippen molar-refractivity contribution < 1.29 is 9.47 Å². The maximum absolute atomic E-state index is 5.62. The lowest BCUT2D eigenvalue weighted by Crippen LogP contribution is -2.37. The molecule has 1 aromatic heterocycles. The Morgan fingerprint density at radius 3 is 2.92 bits per heavy atom. The van der Waals surface area contributed by atoms with Gasteiger partial charge in [-0.1, -0.05) is 6.07 Å². The van der Waals surface area contributed by atoms with Crippen molar-refractivity contribution in [2.75, 3.05) is 33.4 Å². The Hall–Kier alpha value is -1.09. The number of pyridine rings is 1. The molecule has 1 saturated carbocycles. The molecule has 0 atom stereocenters. The van der Waals surface area contributed by atoms with Crippen molar-refractivity contribution in [3.8, 4) is 5.88 Å². The second kappa shape index (κ2) is 12.3. The minimum absolute atomic E-state index is 0. The summed E-state index contributed by atoms with van der Waals surface area (Å²) in [4.78, 5) is 8.48. The van der Waals surface area contributed by atoms with Gasteiger partial charge in [0.1, 0.15) is 0 Å². The molecule has 0 aliphatic heterocycles. The minimum atomic E-state index is 0. The molecule has 1 aromatic rings. The second-order valence-electron chi connectivity index (χ2n) is 5.63. The highest BCUT2D eigenvalue weighted by Crippen LogP contribution is 2.28. The van der Waals surface area contributed by atoms with E-state index in [1.54, 1.807) is 13.2 Å². The Morgan fingerprint density at radius 1 is 1.38 bits per heavy atom. The van der Waals surface area contributed by atoms with E-state index in [9.17, 15) is 0 Å². The number of halogens is 1. The van der Waals surface area contributed by atoms with Gasteiger partial charge >= 0.3 is 0 Å². The van der Waals surface area contributed by atoms with Gasteiger partial charge in [0, 0.05) is 45.1 Å². The van der Waals surface area contributed by atoms with Crippen LogP contribution in [-0.4, -0.2) is 44.4 Å². The molecule has 2 N–H and O–H groups in total. The van der Waals surface area contributed by atoms with Crippen molar-refractivity contribution in [1.82, 2.24) is 15.6 Å². The Kier molecular flexibility index (Phi) is 10.7. The SMILES string of the molecule is CCOc1ncccc1CNC(=NC)NCCCOCC1CC1.I. The van der Waals surface area contributed by atoms with Crippen LogP contribution in [0, 0.1) is 5.92 Å². The van der Waals surface area contributed by atoms with Crippen LogP contribution in [0.2, 0.25) is 0 Å². The van der Waals surface area contributed by atoms with Crippen LogP contribution in [0.25, 0.3) is 0 Å². The molecule has 6 nitrogen and oxygen atoms in total. The van der Waals surface area contributed by atoms with Gasteiger partial charge in [-0.05, 0) is 38.2 Å².